The zero-order valence-electron chi connectivity index (χ0n) is 30.6. The van der Waals surface area contributed by atoms with E-state index in [4.69, 9.17) is 13.9 Å². The van der Waals surface area contributed by atoms with Crippen molar-refractivity contribution in [1.29, 1.82) is 0 Å². The van der Waals surface area contributed by atoms with Gasteiger partial charge in [0.05, 0.1) is 24.0 Å². The van der Waals surface area contributed by atoms with E-state index in [9.17, 15) is 14.7 Å². The first-order valence-electron chi connectivity index (χ1n) is 18.6. The maximum atomic E-state index is 13.3. The fraction of sp³-hybridized carbons (Fsp3) is 0.659. The van der Waals surface area contributed by atoms with E-state index in [1.807, 2.05) is 32.9 Å². The Labute approximate surface area is 290 Å². The van der Waals surface area contributed by atoms with Gasteiger partial charge in [0.1, 0.15) is 12.2 Å². The molecule has 9 atom stereocenters. The highest BCUT2D eigenvalue weighted by Gasteiger charge is 2.53. The molecule has 0 radical (unpaired) electrons. The molecule has 7 heteroatoms. The van der Waals surface area contributed by atoms with Gasteiger partial charge in [0, 0.05) is 12.3 Å². The van der Waals surface area contributed by atoms with Crippen LogP contribution in [0.5, 0.6) is 0 Å². The molecule has 0 bridgehead atoms. The SMILES string of the molecule is CCC(C)(C)C(=O)O[C@H]1C[C@@H](C)[C@@H](O)[C@@H]2CC[C@H](C)[C@H](CC[C@@H]3C[C@@H](O[Si](c4ccccc4)(c4ccccc4)C(C)(C)C)CC(=O)O3)[C@H]21. The summed E-state index contributed by atoms with van der Waals surface area (Å²) in [6.07, 6.45) is 4.81. The van der Waals surface area contributed by atoms with Gasteiger partial charge in [0.2, 0.25) is 0 Å². The standard InChI is InChI=1S/C41H60O6Si/c1-9-41(7,8)39(44)46-35-24-28(3)38(43)34-22-20-27(2)33(37(34)35)23-21-29-25-30(26-36(42)45-29)47-48(40(4,5)6,31-16-12-10-13-17-31)32-18-14-11-15-19-32/h10-19,27-30,33-35,37-38,43H,9,20-26H2,1-8H3/t27-,28+,29+,30+,33-,34+,35-,37+,38+/m0/s1. The smallest absolute Gasteiger partial charge is 0.311 e. The molecular weight excluding hydrogens is 617 g/mol. The van der Waals surface area contributed by atoms with Crippen LogP contribution in [0.4, 0.5) is 0 Å². The molecule has 1 aliphatic heterocycles. The summed E-state index contributed by atoms with van der Waals surface area (Å²) in [6, 6.07) is 21.2. The lowest BCUT2D eigenvalue weighted by atomic mass is 9.57. The molecule has 1 saturated heterocycles. The fourth-order valence-electron chi connectivity index (χ4n) is 9.07. The monoisotopic (exact) mass is 676 g/mol. The van der Waals surface area contributed by atoms with Crippen LogP contribution >= 0.6 is 0 Å². The second-order valence-electron chi connectivity index (χ2n) is 16.9. The van der Waals surface area contributed by atoms with Crippen molar-refractivity contribution >= 4 is 30.6 Å². The molecule has 1 heterocycles. The quantitative estimate of drug-likeness (QED) is 0.208. The minimum atomic E-state index is -2.83. The summed E-state index contributed by atoms with van der Waals surface area (Å²) in [7, 11) is -2.83. The molecule has 5 rings (SSSR count). The maximum absolute atomic E-state index is 13.3. The first-order valence-corrected chi connectivity index (χ1v) is 20.5. The molecule has 264 valence electrons. The van der Waals surface area contributed by atoms with Gasteiger partial charge in [-0.2, -0.15) is 0 Å². The Morgan fingerprint density at radius 1 is 0.896 bits per heavy atom. The second-order valence-corrected chi connectivity index (χ2v) is 21.1. The molecule has 48 heavy (non-hydrogen) atoms. The highest BCUT2D eigenvalue weighted by atomic mass is 28.4. The van der Waals surface area contributed by atoms with Gasteiger partial charge in [-0.3, -0.25) is 9.59 Å². The highest BCUT2D eigenvalue weighted by molar-refractivity contribution is 6.99. The van der Waals surface area contributed by atoms with Crippen molar-refractivity contribution in [2.75, 3.05) is 0 Å². The number of hydrogen-bond acceptors (Lipinski definition) is 6. The Morgan fingerprint density at radius 3 is 2.06 bits per heavy atom. The Kier molecular flexibility index (Phi) is 11.3. The van der Waals surface area contributed by atoms with Crippen LogP contribution in [0.2, 0.25) is 5.04 Å². The summed E-state index contributed by atoms with van der Waals surface area (Å²) in [6.45, 7) is 17.1. The van der Waals surface area contributed by atoms with Crippen LogP contribution in [0, 0.1) is 35.0 Å². The van der Waals surface area contributed by atoms with Gasteiger partial charge in [-0.05, 0) is 85.0 Å². The molecule has 2 aliphatic carbocycles. The summed E-state index contributed by atoms with van der Waals surface area (Å²) in [5, 5.41) is 13.6. The van der Waals surface area contributed by atoms with Gasteiger partial charge in [0.25, 0.3) is 8.32 Å². The number of carbonyl (C=O) groups excluding carboxylic acids is 2. The molecule has 0 unspecified atom stereocenters. The van der Waals surface area contributed by atoms with Gasteiger partial charge in [-0.15, -0.1) is 0 Å². The van der Waals surface area contributed by atoms with Crippen LogP contribution in [-0.4, -0.2) is 49.8 Å². The van der Waals surface area contributed by atoms with Crippen LogP contribution < -0.4 is 10.4 Å². The van der Waals surface area contributed by atoms with Crippen LogP contribution in [0.1, 0.15) is 107 Å². The number of carbonyl (C=O) groups is 2. The molecule has 0 amide bonds. The topological polar surface area (TPSA) is 82.1 Å². The number of benzene rings is 2. The van der Waals surface area contributed by atoms with Crippen LogP contribution in [0.15, 0.2) is 60.7 Å². The normalized spacial score (nSPS) is 31.4. The molecule has 2 saturated carbocycles. The first kappa shape index (κ1) is 36.8. The summed E-state index contributed by atoms with van der Waals surface area (Å²) in [5.41, 5.74) is -0.541. The number of ether oxygens (including phenoxy) is 2. The van der Waals surface area contributed by atoms with Crippen molar-refractivity contribution in [3.63, 3.8) is 0 Å². The number of cyclic esters (lactones) is 1. The van der Waals surface area contributed by atoms with Gasteiger partial charge >= 0.3 is 11.9 Å². The van der Waals surface area contributed by atoms with Gasteiger partial charge in [0.15, 0.2) is 0 Å². The minimum absolute atomic E-state index is 0.0847. The molecule has 1 N–H and O–H groups in total. The van der Waals surface area contributed by atoms with E-state index in [0.717, 1.165) is 32.1 Å². The summed E-state index contributed by atoms with van der Waals surface area (Å²) < 4.78 is 19.8. The van der Waals surface area contributed by atoms with E-state index in [-0.39, 0.29) is 65.4 Å². The van der Waals surface area contributed by atoms with Crippen LogP contribution in [0.3, 0.4) is 0 Å². The number of rotatable bonds is 10. The van der Waals surface area contributed by atoms with Gasteiger partial charge in [-0.1, -0.05) is 109 Å². The molecule has 0 aromatic heterocycles. The number of fused-ring (bicyclic) bond motifs is 1. The Balaban J connectivity index is 1.37. The summed E-state index contributed by atoms with van der Waals surface area (Å²) in [5.74, 6) is 0.651. The van der Waals surface area contributed by atoms with Gasteiger partial charge in [-0.25, -0.2) is 0 Å². The average Bonchev–Trinajstić information content (AvgIpc) is 3.05. The first-order chi connectivity index (χ1) is 22.7. The Morgan fingerprint density at radius 2 is 1.50 bits per heavy atom. The lowest BCUT2D eigenvalue weighted by Gasteiger charge is -2.52. The summed E-state index contributed by atoms with van der Waals surface area (Å²) in [4.78, 5) is 26.6. The molecule has 2 aromatic carbocycles. The third kappa shape index (κ3) is 7.48. The predicted molar refractivity (Wildman–Crippen MR) is 193 cm³/mol. The molecule has 3 fully saturated rings. The van der Waals surface area contributed by atoms with Crippen molar-refractivity contribution in [2.24, 2.45) is 35.0 Å². The highest BCUT2D eigenvalue weighted by Crippen LogP contribution is 2.51. The lowest BCUT2D eigenvalue weighted by molar-refractivity contribution is -0.183. The zero-order valence-corrected chi connectivity index (χ0v) is 31.6. The largest absolute Gasteiger partial charge is 0.462 e. The van der Waals surface area contributed by atoms with Gasteiger partial charge < -0.3 is 19.0 Å². The number of esters is 2. The predicted octanol–water partition coefficient (Wildman–Crippen LogP) is 7.44. The zero-order chi connectivity index (χ0) is 34.9. The summed E-state index contributed by atoms with van der Waals surface area (Å²) >= 11 is 0. The number of hydrogen-bond donors (Lipinski definition) is 1. The second kappa shape index (κ2) is 14.8. The minimum Gasteiger partial charge on any atom is -0.462 e. The Bertz CT molecular complexity index is 1330. The van der Waals surface area contributed by atoms with Crippen molar-refractivity contribution in [2.45, 2.75) is 136 Å². The third-order valence-corrected chi connectivity index (χ3v) is 17.3. The number of aliphatic hydroxyl groups is 1. The van der Waals surface area contributed by atoms with Crippen LogP contribution in [-0.2, 0) is 23.5 Å². The molecule has 6 nitrogen and oxygen atoms in total. The fourth-order valence-corrected chi connectivity index (χ4v) is 13.8. The van der Waals surface area contributed by atoms with Crippen molar-refractivity contribution in [1.82, 2.24) is 0 Å². The molecular formula is C41H60O6Si. The maximum Gasteiger partial charge on any atom is 0.311 e. The molecule has 3 aliphatic rings. The van der Waals surface area contributed by atoms with E-state index in [1.54, 1.807) is 0 Å². The Hall–Kier alpha value is -2.48. The molecule has 0 spiro atoms. The number of aliphatic hydroxyl groups excluding tert-OH is 1. The van der Waals surface area contributed by atoms with Crippen molar-refractivity contribution in [3.8, 4) is 0 Å². The lowest BCUT2D eigenvalue weighted by Crippen LogP contribution is -2.68. The third-order valence-electron chi connectivity index (χ3n) is 12.2. The van der Waals surface area contributed by atoms with E-state index in [0.29, 0.717) is 18.8 Å². The van der Waals surface area contributed by atoms with E-state index < -0.39 is 19.8 Å². The van der Waals surface area contributed by atoms with E-state index >= 15 is 0 Å². The van der Waals surface area contributed by atoms with Crippen molar-refractivity contribution in [3.05, 3.63) is 60.7 Å². The van der Waals surface area contributed by atoms with Crippen LogP contribution in [0.25, 0.3) is 0 Å². The average molecular weight is 677 g/mol. The van der Waals surface area contributed by atoms with E-state index in [1.165, 1.54) is 10.4 Å². The molecule has 2 aromatic rings. The van der Waals surface area contributed by atoms with Crippen molar-refractivity contribution < 1.29 is 28.6 Å². The van der Waals surface area contributed by atoms with E-state index in [2.05, 4.69) is 83.1 Å².